The first-order valence-corrected chi connectivity index (χ1v) is 21.2. The summed E-state index contributed by atoms with van der Waals surface area (Å²) in [5.74, 6) is -2.94. The van der Waals surface area contributed by atoms with Crippen LogP contribution in [0.1, 0.15) is 77.8 Å². The van der Waals surface area contributed by atoms with Crippen molar-refractivity contribution in [3.8, 4) is 5.75 Å². The number of fused-ring (bicyclic) bond motifs is 5. The maximum absolute atomic E-state index is 14.2. The van der Waals surface area contributed by atoms with Crippen LogP contribution >= 0.6 is 11.6 Å². The van der Waals surface area contributed by atoms with Gasteiger partial charge in [0.25, 0.3) is 23.6 Å². The summed E-state index contributed by atoms with van der Waals surface area (Å²) in [5.41, 5.74) is 4.51. The zero-order valence-corrected chi connectivity index (χ0v) is 36.5. The van der Waals surface area contributed by atoms with Crippen molar-refractivity contribution in [2.75, 3.05) is 45.2 Å². The van der Waals surface area contributed by atoms with Gasteiger partial charge in [0, 0.05) is 90.9 Å². The third-order valence-electron chi connectivity index (χ3n) is 11.2. The molecule has 4 aromatic heterocycles. The van der Waals surface area contributed by atoms with Gasteiger partial charge in [-0.3, -0.25) is 24.0 Å². The van der Waals surface area contributed by atoms with Gasteiger partial charge in [0.15, 0.2) is 5.76 Å². The number of carbonyl (C=O) groups excluding carboxylic acids is 6. The molecule has 4 aromatic carbocycles. The Hall–Kier alpha value is -8.31. The number of anilines is 5. The average Bonchev–Trinajstić information content (AvgIpc) is 4.12. The second-order valence-electron chi connectivity index (χ2n) is 15.8. The number of nitrogens with one attached hydrogen (secondary N) is 4. The minimum absolute atomic E-state index is 0.0107. The summed E-state index contributed by atoms with van der Waals surface area (Å²) in [7, 11) is 3.34. The van der Waals surface area contributed by atoms with Gasteiger partial charge in [0.2, 0.25) is 11.7 Å². The molecule has 8 aromatic rings. The quantitative estimate of drug-likeness (QED) is 0.0615. The fourth-order valence-corrected chi connectivity index (χ4v) is 8.48. The number of rotatable bonds is 11. The van der Waals surface area contributed by atoms with Crippen LogP contribution in [-0.4, -0.2) is 68.8 Å². The highest BCUT2D eigenvalue weighted by molar-refractivity contribution is 6.20. The lowest BCUT2D eigenvalue weighted by Gasteiger charge is -2.17. The van der Waals surface area contributed by atoms with E-state index >= 15 is 0 Å². The van der Waals surface area contributed by atoms with Crippen LogP contribution in [0.3, 0.4) is 0 Å². The Morgan fingerprint density at radius 2 is 1.27 bits per heavy atom. The summed E-state index contributed by atoms with van der Waals surface area (Å²) < 4.78 is 19.8. The van der Waals surface area contributed by atoms with Gasteiger partial charge >= 0.3 is 5.97 Å². The molecule has 9 rings (SSSR count). The van der Waals surface area contributed by atoms with Crippen molar-refractivity contribution in [2.24, 2.45) is 14.1 Å². The Labute approximate surface area is 379 Å². The van der Waals surface area contributed by atoms with Gasteiger partial charge in [-0.15, -0.1) is 11.6 Å². The number of esters is 1. The van der Waals surface area contributed by atoms with Crippen LogP contribution in [0.25, 0.3) is 32.7 Å². The van der Waals surface area contributed by atoms with Crippen LogP contribution in [0.15, 0.2) is 106 Å². The largest absolute Gasteiger partial charge is 0.507 e. The van der Waals surface area contributed by atoms with Crippen LogP contribution < -0.4 is 26.2 Å². The first kappa shape index (κ1) is 43.0. The number of hydrogen-bond acceptors (Lipinski definition) is 10. The lowest BCUT2D eigenvalue weighted by Crippen LogP contribution is -2.29. The number of aryl methyl sites for hydroxylation is 2. The molecule has 17 nitrogen and oxygen atoms in total. The number of hydrogen-bond donors (Lipinski definition) is 5. The molecule has 1 aliphatic heterocycles. The fourth-order valence-electron chi connectivity index (χ4n) is 8.23. The molecule has 5 N–H and O–H groups in total. The lowest BCUT2D eigenvalue weighted by molar-refractivity contribution is -0.114. The third-order valence-corrected chi connectivity index (χ3v) is 11.6. The SMILES string of the molecule is CCOC(=O)c1cc2cc(NC(=O)c3ccc4c(O)cc5c(c4c3)C(CCl)CN5C(=O)c3cc4cc(NC(=O)c5cc(NC(=O)c6cc(NC(C)=O)cn6C)cn5C)ccc4o3)ccc2o1. The van der Waals surface area contributed by atoms with Crippen LogP contribution in [0, 0.1) is 0 Å². The van der Waals surface area contributed by atoms with E-state index in [0.29, 0.717) is 72.4 Å². The van der Waals surface area contributed by atoms with E-state index in [9.17, 15) is 33.9 Å². The van der Waals surface area contributed by atoms with E-state index in [-0.39, 0.29) is 59.4 Å². The second kappa shape index (κ2) is 17.0. The number of phenols is 1. The maximum Gasteiger partial charge on any atom is 0.374 e. The topological polar surface area (TPSA) is 219 Å². The third kappa shape index (κ3) is 8.07. The molecule has 0 aliphatic carbocycles. The van der Waals surface area contributed by atoms with Crippen molar-refractivity contribution in [2.45, 2.75) is 19.8 Å². The highest BCUT2D eigenvalue weighted by Gasteiger charge is 2.36. The molecule has 0 saturated heterocycles. The van der Waals surface area contributed by atoms with Gasteiger partial charge in [-0.2, -0.15) is 0 Å². The standard InChI is InChI=1S/C48H40ClN7O10/c1-5-64-48(63)42-16-27-13-29(7-11-40(27)66-42)51-44(59)25-6-9-33-34(14-25)43-28(20-49)21-56(35(43)19-38(33)58)47(62)41-15-26-12-30(8-10-39(26)65-41)52-45(60)37-18-32(23-55(37)4)53-46(61)36-17-31(22-54(36)3)50-24(2)57/h6-19,22-23,28,58H,5,20-21H2,1-4H3,(H,50,57)(H,51,59)(H,52,60)(H,53,61). The molecule has 66 heavy (non-hydrogen) atoms. The zero-order valence-electron chi connectivity index (χ0n) is 35.8. The number of carbonyl (C=O) groups is 6. The van der Waals surface area contributed by atoms with Crippen LogP contribution in [0.4, 0.5) is 28.4 Å². The van der Waals surface area contributed by atoms with Gasteiger partial charge in [0.1, 0.15) is 28.3 Å². The monoisotopic (exact) mass is 909 g/mol. The number of halogens is 1. The molecule has 0 fully saturated rings. The van der Waals surface area contributed by atoms with Gasteiger partial charge in [0.05, 0.1) is 23.7 Å². The van der Waals surface area contributed by atoms with Crippen molar-refractivity contribution in [3.63, 3.8) is 0 Å². The van der Waals surface area contributed by atoms with Gasteiger partial charge < -0.3 is 54.0 Å². The summed E-state index contributed by atoms with van der Waals surface area (Å²) in [6.07, 6.45) is 3.22. The molecule has 334 valence electrons. The van der Waals surface area contributed by atoms with E-state index in [1.165, 1.54) is 24.0 Å². The number of alkyl halides is 1. The first-order valence-electron chi connectivity index (χ1n) is 20.6. The van der Waals surface area contributed by atoms with E-state index in [4.69, 9.17) is 25.2 Å². The second-order valence-corrected chi connectivity index (χ2v) is 16.1. The Bertz CT molecular complexity index is 3340. The van der Waals surface area contributed by atoms with Gasteiger partial charge in [-0.1, -0.05) is 0 Å². The average molecular weight is 910 g/mol. The van der Waals surface area contributed by atoms with E-state index in [1.54, 1.807) is 115 Å². The molecule has 5 amide bonds. The highest BCUT2D eigenvalue weighted by atomic mass is 35.5. The molecule has 18 heteroatoms. The van der Waals surface area contributed by atoms with E-state index < -0.39 is 29.6 Å². The minimum atomic E-state index is -0.590. The molecular weight excluding hydrogens is 870 g/mol. The van der Waals surface area contributed by atoms with Crippen molar-refractivity contribution in [3.05, 3.63) is 131 Å². The Kier molecular flexibility index (Phi) is 11.1. The highest BCUT2D eigenvalue weighted by Crippen LogP contribution is 2.46. The summed E-state index contributed by atoms with van der Waals surface area (Å²) >= 11 is 6.53. The Morgan fingerprint density at radius 1 is 0.697 bits per heavy atom. The Balaban J connectivity index is 0.917. The summed E-state index contributed by atoms with van der Waals surface area (Å²) in [6.45, 7) is 3.44. The predicted octanol–water partition coefficient (Wildman–Crippen LogP) is 8.59. The number of ether oxygens (including phenoxy) is 1. The Morgan fingerprint density at radius 3 is 1.88 bits per heavy atom. The molecule has 1 aliphatic rings. The molecule has 0 saturated carbocycles. The van der Waals surface area contributed by atoms with Crippen molar-refractivity contribution in [1.29, 1.82) is 0 Å². The van der Waals surface area contributed by atoms with E-state index in [0.717, 1.165) is 0 Å². The van der Waals surface area contributed by atoms with E-state index in [1.807, 2.05) is 0 Å². The minimum Gasteiger partial charge on any atom is -0.507 e. The molecule has 0 bridgehead atoms. The number of aromatic nitrogens is 2. The number of furan rings is 2. The summed E-state index contributed by atoms with van der Waals surface area (Å²) in [5, 5.41) is 24.6. The van der Waals surface area contributed by atoms with E-state index in [2.05, 4.69) is 21.3 Å². The molecule has 0 radical (unpaired) electrons. The molecule has 1 unspecified atom stereocenters. The molecule has 0 spiro atoms. The summed E-state index contributed by atoms with van der Waals surface area (Å²) in [6, 6.07) is 22.5. The van der Waals surface area contributed by atoms with Crippen molar-refractivity contribution >= 4 is 108 Å². The van der Waals surface area contributed by atoms with Crippen molar-refractivity contribution < 1.29 is 47.4 Å². The van der Waals surface area contributed by atoms with Gasteiger partial charge in [-0.05, 0) is 96.7 Å². The number of nitrogens with zero attached hydrogens (tertiary/aromatic N) is 3. The summed E-state index contributed by atoms with van der Waals surface area (Å²) in [4.78, 5) is 79.5. The van der Waals surface area contributed by atoms with Crippen LogP contribution in [0.5, 0.6) is 5.75 Å². The lowest BCUT2D eigenvalue weighted by atomic mass is 9.94. The number of aromatic hydroxyl groups is 1. The zero-order chi connectivity index (χ0) is 46.6. The van der Waals surface area contributed by atoms with Crippen LogP contribution in [0.2, 0.25) is 0 Å². The fraction of sp³-hybridized carbons (Fsp3) is 0.167. The molecule has 1 atom stereocenters. The number of amides is 5. The number of phenolic OH excluding ortho intramolecular Hbond substituents is 1. The smallest absolute Gasteiger partial charge is 0.374 e. The normalized spacial score (nSPS) is 13.2. The van der Waals surface area contributed by atoms with Gasteiger partial charge in [-0.25, -0.2) is 4.79 Å². The predicted molar refractivity (Wildman–Crippen MR) is 248 cm³/mol. The molecule has 5 heterocycles. The van der Waals surface area contributed by atoms with Crippen molar-refractivity contribution in [1.82, 2.24) is 9.13 Å². The maximum atomic E-state index is 14.2. The van der Waals surface area contributed by atoms with Crippen LogP contribution in [-0.2, 0) is 23.6 Å². The molecular formula is C48H40ClN7O10. The number of benzene rings is 4. The first-order chi connectivity index (χ1) is 31.7.